The van der Waals surface area contributed by atoms with Gasteiger partial charge in [0.2, 0.25) is 0 Å². The van der Waals surface area contributed by atoms with Crippen molar-refractivity contribution < 1.29 is 31.9 Å². The van der Waals surface area contributed by atoms with Crippen LogP contribution in [0.15, 0.2) is 30.6 Å². The first-order chi connectivity index (χ1) is 17.5. The van der Waals surface area contributed by atoms with Crippen LogP contribution in [0, 0.1) is 17.1 Å². The molecule has 14 heteroatoms. The van der Waals surface area contributed by atoms with Gasteiger partial charge in [0.1, 0.15) is 29.1 Å². The number of hydrogen-bond donors (Lipinski definition) is 0. The molecule has 1 unspecified atom stereocenters. The number of nitriles is 1. The number of Topliss-reactive ketones (excluding diaryl/α,β-unsaturated/α-hetero) is 2. The SMILES string of the molecule is CC(F)(F)Oc1ccc(F)c(CCC(=O)c2cn(CC(F)CCn3cc(C(=O)CCC#N)nn3)nn2)c1. The minimum absolute atomic E-state index is 0.0207. The minimum atomic E-state index is -3.44. The van der Waals surface area contributed by atoms with Gasteiger partial charge in [-0.1, -0.05) is 10.4 Å². The van der Waals surface area contributed by atoms with Gasteiger partial charge in [-0.3, -0.25) is 14.3 Å². The van der Waals surface area contributed by atoms with Crippen molar-refractivity contribution in [3.63, 3.8) is 0 Å². The van der Waals surface area contributed by atoms with Crippen molar-refractivity contribution in [2.45, 2.75) is 64.4 Å². The fourth-order valence-electron chi connectivity index (χ4n) is 3.30. The first kappa shape index (κ1) is 27.4. The van der Waals surface area contributed by atoms with E-state index in [0.29, 0.717) is 6.92 Å². The van der Waals surface area contributed by atoms with Crippen molar-refractivity contribution in [2.24, 2.45) is 0 Å². The fraction of sp³-hybridized carbons (Fsp3) is 0.435. The van der Waals surface area contributed by atoms with Crippen LogP contribution in [0.5, 0.6) is 5.75 Å². The van der Waals surface area contributed by atoms with Gasteiger partial charge in [-0.2, -0.15) is 14.0 Å². The number of ether oxygens (including phenoxy) is 1. The number of benzene rings is 1. The Bertz CT molecular complexity index is 1280. The van der Waals surface area contributed by atoms with E-state index < -0.39 is 23.9 Å². The van der Waals surface area contributed by atoms with Gasteiger partial charge in [-0.25, -0.2) is 13.5 Å². The molecule has 0 spiro atoms. The van der Waals surface area contributed by atoms with E-state index in [1.165, 1.54) is 17.1 Å². The summed E-state index contributed by atoms with van der Waals surface area (Å²) >= 11 is 0. The molecule has 0 saturated carbocycles. The highest BCUT2D eigenvalue weighted by molar-refractivity contribution is 5.94. The average molecular weight is 521 g/mol. The zero-order valence-corrected chi connectivity index (χ0v) is 19.8. The Hall–Kier alpha value is -4.15. The summed E-state index contributed by atoms with van der Waals surface area (Å²) in [7, 11) is 0. The number of aryl methyl sites for hydroxylation is 2. The number of alkyl halides is 3. The predicted molar refractivity (Wildman–Crippen MR) is 119 cm³/mol. The molecule has 0 fully saturated rings. The van der Waals surface area contributed by atoms with Crippen LogP contribution in [-0.2, 0) is 19.5 Å². The average Bonchev–Trinajstić information content (AvgIpc) is 3.50. The van der Waals surface area contributed by atoms with Crippen molar-refractivity contribution in [2.75, 3.05) is 0 Å². The van der Waals surface area contributed by atoms with Crippen LogP contribution in [0.4, 0.5) is 17.6 Å². The third kappa shape index (κ3) is 8.48. The lowest BCUT2D eigenvalue weighted by Crippen LogP contribution is -2.19. The van der Waals surface area contributed by atoms with Crippen molar-refractivity contribution >= 4 is 11.6 Å². The molecule has 1 aromatic carbocycles. The molecular weight excluding hydrogens is 498 g/mol. The van der Waals surface area contributed by atoms with E-state index in [4.69, 9.17) is 5.26 Å². The van der Waals surface area contributed by atoms with Gasteiger partial charge in [0.25, 0.3) is 0 Å². The van der Waals surface area contributed by atoms with E-state index in [2.05, 4.69) is 25.4 Å². The highest BCUT2D eigenvalue weighted by atomic mass is 19.3. The minimum Gasteiger partial charge on any atom is -0.433 e. The third-order valence-electron chi connectivity index (χ3n) is 5.10. The molecule has 0 aliphatic heterocycles. The number of nitrogens with zero attached hydrogens (tertiary/aromatic N) is 7. The first-order valence-corrected chi connectivity index (χ1v) is 11.3. The van der Waals surface area contributed by atoms with Crippen molar-refractivity contribution in [3.05, 3.63) is 53.4 Å². The second-order valence-corrected chi connectivity index (χ2v) is 8.25. The van der Waals surface area contributed by atoms with E-state index in [-0.39, 0.29) is 73.7 Å². The molecule has 37 heavy (non-hydrogen) atoms. The Labute approximate surface area is 208 Å². The molecule has 2 aromatic heterocycles. The number of hydrogen-bond acceptors (Lipinski definition) is 8. The summed E-state index contributed by atoms with van der Waals surface area (Å²) in [5.41, 5.74) is 0.0822. The third-order valence-corrected chi connectivity index (χ3v) is 5.10. The normalized spacial score (nSPS) is 12.2. The van der Waals surface area contributed by atoms with Crippen LogP contribution >= 0.6 is 0 Å². The second kappa shape index (κ2) is 12.2. The molecule has 0 aliphatic carbocycles. The molecule has 0 aliphatic rings. The second-order valence-electron chi connectivity index (χ2n) is 8.25. The molecule has 0 N–H and O–H groups in total. The smallest absolute Gasteiger partial charge is 0.394 e. The maximum atomic E-state index is 14.4. The van der Waals surface area contributed by atoms with Gasteiger partial charge in [0.15, 0.2) is 11.6 Å². The number of ketones is 2. The van der Waals surface area contributed by atoms with E-state index >= 15 is 0 Å². The lowest BCUT2D eigenvalue weighted by molar-refractivity contribution is -0.159. The lowest BCUT2D eigenvalue weighted by atomic mass is 10.1. The fourth-order valence-corrected chi connectivity index (χ4v) is 3.30. The van der Waals surface area contributed by atoms with Gasteiger partial charge in [-0.15, -0.1) is 10.2 Å². The number of rotatable bonds is 14. The molecule has 0 amide bonds. The van der Waals surface area contributed by atoms with Gasteiger partial charge >= 0.3 is 6.11 Å². The van der Waals surface area contributed by atoms with Crippen LogP contribution in [0.1, 0.15) is 59.1 Å². The summed E-state index contributed by atoms with van der Waals surface area (Å²) in [6.07, 6.45) is -2.31. The van der Waals surface area contributed by atoms with Gasteiger partial charge in [-0.05, 0) is 30.2 Å². The first-order valence-electron chi connectivity index (χ1n) is 11.3. The van der Waals surface area contributed by atoms with Crippen LogP contribution in [0.3, 0.4) is 0 Å². The lowest BCUT2D eigenvalue weighted by Gasteiger charge is -2.14. The predicted octanol–water partition coefficient (Wildman–Crippen LogP) is 3.73. The van der Waals surface area contributed by atoms with E-state index in [9.17, 15) is 27.2 Å². The highest BCUT2D eigenvalue weighted by Gasteiger charge is 2.24. The van der Waals surface area contributed by atoms with Gasteiger partial charge in [0, 0.05) is 39.2 Å². The molecule has 10 nitrogen and oxygen atoms in total. The zero-order valence-electron chi connectivity index (χ0n) is 19.8. The summed E-state index contributed by atoms with van der Waals surface area (Å²) < 4.78 is 61.4. The van der Waals surface area contributed by atoms with Crippen LogP contribution in [0.2, 0.25) is 0 Å². The molecule has 0 saturated heterocycles. The van der Waals surface area contributed by atoms with Crippen LogP contribution < -0.4 is 4.74 Å². The standard InChI is InChI=1S/C23H23F4N7O3/c1-23(26,27)37-17-5-6-18(25)15(11-17)4-7-22(36)20-14-34(32-30-20)12-16(24)8-10-33-13-19(29-31-33)21(35)3-2-9-28/h5-6,11,13-14,16H,2-4,7-8,10,12H2,1H3. The molecule has 0 bridgehead atoms. The van der Waals surface area contributed by atoms with Gasteiger partial charge < -0.3 is 4.74 Å². The Morgan fingerprint density at radius 1 is 1.11 bits per heavy atom. The van der Waals surface area contributed by atoms with Crippen molar-refractivity contribution in [3.8, 4) is 11.8 Å². The van der Waals surface area contributed by atoms with Crippen molar-refractivity contribution in [1.29, 1.82) is 5.26 Å². The highest BCUT2D eigenvalue weighted by Crippen LogP contribution is 2.24. The van der Waals surface area contributed by atoms with E-state index in [1.54, 1.807) is 0 Å². The molecule has 1 atom stereocenters. The number of aromatic nitrogens is 6. The topological polar surface area (TPSA) is 129 Å². The van der Waals surface area contributed by atoms with Crippen molar-refractivity contribution in [1.82, 2.24) is 30.0 Å². The molecule has 196 valence electrons. The Balaban J connectivity index is 1.48. The maximum absolute atomic E-state index is 14.4. The molecule has 0 radical (unpaired) electrons. The molecule has 3 aromatic rings. The summed E-state index contributed by atoms with van der Waals surface area (Å²) in [6, 6.07) is 5.01. The van der Waals surface area contributed by atoms with E-state index in [1.807, 2.05) is 6.07 Å². The summed E-state index contributed by atoms with van der Waals surface area (Å²) in [6.45, 7) is 0.499. The maximum Gasteiger partial charge on any atom is 0.394 e. The van der Waals surface area contributed by atoms with Crippen LogP contribution in [0.25, 0.3) is 0 Å². The van der Waals surface area contributed by atoms with Gasteiger partial charge in [0.05, 0.1) is 25.0 Å². The number of carbonyl (C=O) groups excluding carboxylic acids is 2. The monoisotopic (exact) mass is 521 g/mol. The Kier molecular flexibility index (Phi) is 9.05. The Morgan fingerprint density at radius 2 is 1.76 bits per heavy atom. The molecule has 2 heterocycles. The zero-order chi connectivity index (χ0) is 27.0. The van der Waals surface area contributed by atoms with E-state index in [0.717, 1.165) is 22.9 Å². The van der Waals surface area contributed by atoms with Crippen LogP contribution in [-0.4, -0.2) is 53.8 Å². The number of halogens is 4. The largest absolute Gasteiger partial charge is 0.433 e. The quantitative estimate of drug-likeness (QED) is 0.232. The molecule has 3 rings (SSSR count). The summed E-state index contributed by atoms with van der Waals surface area (Å²) in [4.78, 5) is 24.3. The molecular formula is C23H23F4N7O3. The number of carbonyl (C=O) groups is 2. The summed E-state index contributed by atoms with van der Waals surface area (Å²) in [5, 5.41) is 23.5. The Morgan fingerprint density at radius 3 is 2.43 bits per heavy atom. The summed E-state index contributed by atoms with van der Waals surface area (Å²) in [5.74, 6) is -1.71.